The second kappa shape index (κ2) is 11.1. The predicted molar refractivity (Wildman–Crippen MR) is 92.0 cm³/mol. The van der Waals surface area contributed by atoms with Crippen molar-refractivity contribution in [1.29, 1.82) is 0 Å². The molecule has 0 aromatic heterocycles. The van der Waals surface area contributed by atoms with Gasteiger partial charge in [-0.2, -0.15) is 26.3 Å². The SMILES string of the molecule is C1CCN(CCN2CCC3(CCCO3)C2)C1.O=C(O)C(F)(F)F.O=C(O)C(F)(F)F. The number of carboxylic acids is 2. The number of hydrogen-bond donors (Lipinski definition) is 2. The topological polar surface area (TPSA) is 90.3 Å². The Hall–Kier alpha value is -1.60. The molecule has 7 nitrogen and oxygen atoms in total. The van der Waals surface area contributed by atoms with Crippen LogP contribution in [0.5, 0.6) is 0 Å². The van der Waals surface area contributed by atoms with E-state index in [0.717, 1.165) is 6.61 Å². The molecule has 0 bridgehead atoms. The summed E-state index contributed by atoms with van der Waals surface area (Å²) in [6.07, 6.45) is -3.50. The third-order valence-corrected chi connectivity index (χ3v) is 5.00. The lowest BCUT2D eigenvalue weighted by Crippen LogP contribution is -2.36. The Morgan fingerprint density at radius 3 is 1.67 bits per heavy atom. The first-order chi connectivity index (χ1) is 13.8. The molecule has 3 aliphatic heterocycles. The van der Waals surface area contributed by atoms with E-state index in [-0.39, 0.29) is 5.60 Å². The van der Waals surface area contributed by atoms with Gasteiger partial charge in [0.15, 0.2) is 0 Å². The van der Waals surface area contributed by atoms with Crippen molar-refractivity contribution in [3.05, 3.63) is 0 Å². The number of aliphatic carboxylic acids is 2. The summed E-state index contributed by atoms with van der Waals surface area (Å²) >= 11 is 0. The highest BCUT2D eigenvalue weighted by Crippen LogP contribution is 2.34. The first kappa shape index (κ1) is 26.4. The summed E-state index contributed by atoms with van der Waals surface area (Å²) < 4.78 is 69.4. The highest BCUT2D eigenvalue weighted by Gasteiger charge is 2.41. The summed E-state index contributed by atoms with van der Waals surface area (Å²) in [5, 5.41) is 14.2. The molecule has 3 fully saturated rings. The molecule has 176 valence electrons. The molecule has 1 atom stereocenters. The van der Waals surface area contributed by atoms with Gasteiger partial charge in [0.2, 0.25) is 0 Å². The minimum Gasteiger partial charge on any atom is -0.475 e. The zero-order valence-electron chi connectivity index (χ0n) is 16.3. The number of rotatable bonds is 3. The summed E-state index contributed by atoms with van der Waals surface area (Å²) in [6, 6.07) is 0. The van der Waals surface area contributed by atoms with E-state index in [0.29, 0.717) is 0 Å². The molecule has 0 saturated carbocycles. The van der Waals surface area contributed by atoms with Gasteiger partial charge in [-0.3, -0.25) is 4.90 Å². The van der Waals surface area contributed by atoms with Gasteiger partial charge in [-0.15, -0.1) is 0 Å². The molecule has 0 radical (unpaired) electrons. The Balaban J connectivity index is 0.000000271. The largest absolute Gasteiger partial charge is 0.490 e. The molecule has 3 saturated heterocycles. The van der Waals surface area contributed by atoms with Crippen LogP contribution in [0, 0.1) is 0 Å². The first-order valence-electron chi connectivity index (χ1n) is 9.44. The Morgan fingerprint density at radius 2 is 1.27 bits per heavy atom. The Morgan fingerprint density at radius 1 is 0.800 bits per heavy atom. The van der Waals surface area contributed by atoms with Crippen LogP contribution < -0.4 is 0 Å². The van der Waals surface area contributed by atoms with Crippen molar-refractivity contribution < 1.29 is 50.9 Å². The molecule has 3 aliphatic rings. The van der Waals surface area contributed by atoms with Crippen molar-refractivity contribution in [2.45, 2.75) is 50.1 Å². The number of halogens is 6. The number of ether oxygens (including phenoxy) is 1. The maximum Gasteiger partial charge on any atom is 0.490 e. The zero-order valence-corrected chi connectivity index (χ0v) is 16.3. The summed E-state index contributed by atoms with van der Waals surface area (Å²) in [5.74, 6) is -5.51. The molecule has 0 aromatic rings. The second-order valence-electron chi connectivity index (χ2n) is 7.32. The van der Waals surface area contributed by atoms with Crippen molar-refractivity contribution in [2.24, 2.45) is 0 Å². The molecule has 3 rings (SSSR count). The van der Waals surface area contributed by atoms with Crippen LogP contribution in [0.4, 0.5) is 26.3 Å². The van der Waals surface area contributed by atoms with Crippen LogP contribution in [-0.4, -0.2) is 95.8 Å². The fraction of sp³-hybridized carbons (Fsp3) is 0.882. The molecular formula is C17H26F6N2O5. The van der Waals surface area contributed by atoms with Gasteiger partial charge < -0.3 is 19.8 Å². The van der Waals surface area contributed by atoms with Gasteiger partial charge in [0.1, 0.15) is 0 Å². The third-order valence-electron chi connectivity index (χ3n) is 5.00. The van der Waals surface area contributed by atoms with Gasteiger partial charge in [-0.25, -0.2) is 9.59 Å². The Labute approximate surface area is 169 Å². The normalized spacial score (nSPS) is 24.9. The molecular weight excluding hydrogens is 426 g/mol. The van der Waals surface area contributed by atoms with Crippen LogP contribution in [0.3, 0.4) is 0 Å². The third kappa shape index (κ3) is 9.47. The van der Waals surface area contributed by atoms with Gasteiger partial charge in [-0.1, -0.05) is 0 Å². The fourth-order valence-corrected chi connectivity index (χ4v) is 3.48. The molecule has 30 heavy (non-hydrogen) atoms. The average Bonchev–Trinajstić information content (AvgIpc) is 3.36. The van der Waals surface area contributed by atoms with Crippen LogP contribution in [-0.2, 0) is 14.3 Å². The molecule has 0 aliphatic carbocycles. The summed E-state index contributed by atoms with van der Waals surface area (Å²) in [4.78, 5) is 23.0. The van der Waals surface area contributed by atoms with E-state index in [2.05, 4.69) is 9.80 Å². The van der Waals surface area contributed by atoms with Crippen molar-refractivity contribution in [1.82, 2.24) is 9.80 Å². The smallest absolute Gasteiger partial charge is 0.475 e. The quantitative estimate of drug-likeness (QED) is 0.637. The Kier molecular flexibility index (Phi) is 9.82. The summed E-state index contributed by atoms with van der Waals surface area (Å²) in [5.41, 5.74) is 0.269. The Bertz CT molecular complexity index is 534. The van der Waals surface area contributed by atoms with E-state index in [1.807, 2.05) is 0 Å². The summed E-state index contributed by atoms with van der Waals surface area (Å²) in [7, 11) is 0. The first-order valence-corrected chi connectivity index (χ1v) is 9.44. The van der Waals surface area contributed by atoms with Crippen LogP contribution in [0.25, 0.3) is 0 Å². The lowest BCUT2D eigenvalue weighted by Gasteiger charge is -2.24. The van der Waals surface area contributed by atoms with E-state index in [1.54, 1.807) is 0 Å². The van der Waals surface area contributed by atoms with Crippen molar-refractivity contribution >= 4 is 11.9 Å². The van der Waals surface area contributed by atoms with E-state index >= 15 is 0 Å². The van der Waals surface area contributed by atoms with Crippen LogP contribution in [0.1, 0.15) is 32.1 Å². The van der Waals surface area contributed by atoms with Crippen molar-refractivity contribution in [2.75, 3.05) is 45.9 Å². The maximum absolute atomic E-state index is 10.6. The summed E-state index contributed by atoms with van der Waals surface area (Å²) in [6.45, 7) is 8.64. The molecule has 13 heteroatoms. The minimum absolute atomic E-state index is 0.269. The molecule has 2 N–H and O–H groups in total. The van der Waals surface area contributed by atoms with Crippen LogP contribution >= 0.6 is 0 Å². The molecule has 1 unspecified atom stereocenters. The van der Waals surface area contributed by atoms with Crippen molar-refractivity contribution in [3.8, 4) is 0 Å². The maximum atomic E-state index is 10.6. The van der Waals surface area contributed by atoms with E-state index < -0.39 is 24.3 Å². The van der Waals surface area contributed by atoms with Gasteiger partial charge in [-0.05, 0) is 45.2 Å². The average molecular weight is 452 g/mol. The van der Waals surface area contributed by atoms with Gasteiger partial charge in [0.05, 0.1) is 5.60 Å². The monoisotopic (exact) mass is 452 g/mol. The highest BCUT2D eigenvalue weighted by molar-refractivity contribution is 5.73. The lowest BCUT2D eigenvalue weighted by atomic mass is 10.00. The predicted octanol–water partition coefficient (Wildman–Crippen LogP) is 2.60. The van der Waals surface area contributed by atoms with E-state index in [1.165, 1.54) is 71.4 Å². The second-order valence-corrected chi connectivity index (χ2v) is 7.32. The highest BCUT2D eigenvalue weighted by atomic mass is 19.4. The van der Waals surface area contributed by atoms with Gasteiger partial charge >= 0.3 is 24.3 Å². The molecule has 3 heterocycles. The number of carboxylic acid groups (broad SMARTS) is 2. The number of carbonyl (C=O) groups is 2. The van der Waals surface area contributed by atoms with Crippen LogP contribution in [0.15, 0.2) is 0 Å². The van der Waals surface area contributed by atoms with Crippen LogP contribution in [0.2, 0.25) is 0 Å². The van der Waals surface area contributed by atoms with Crippen molar-refractivity contribution in [3.63, 3.8) is 0 Å². The zero-order chi connectivity index (χ0) is 23.0. The molecule has 1 spiro atoms. The number of likely N-dealkylation sites (tertiary alicyclic amines) is 2. The number of nitrogens with zero attached hydrogens (tertiary/aromatic N) is 2. The molecule has 0 amide bonds. The number of hydrogen-bond acceptors (Lipinski definition) is 5. The fourth-order valence-electron chi connectivity index (χ4n) is 3.48. The minimum atomic E-state index is -5.08. The lowest BCUT2D eigenvalue weighted by molar-refractivity contribution is -0.193. The van der Waals surface area contributed by atoms with Gasteiger partial charge in [0, 0.05) is 32.8 Å². The van der Waals surface area contributed by atoms with E-state index in [9.17, 15) is 26.3 Å². The van der Waals surface area contributed by atoms with E-state index in [4.69, 9.17) is 24.5 Å². The van der Waals surface area contributed by atoms with Gasteiger partial charge in [0.25, 0.3) is 0 Å². The number of alkyl halides is 6. The standard InChI is InChI=1S/C13H24N2O.2C2HF3O2/c1-2-7-14(6-1)9-10-15-8-5-13(12-15)4-3-11-16-13;2*3-2(4,5)1(6)7/h1-12H2;2*(H,6,7). The molecule has 0 aromatic carbocycles.